The lowest BCUT2D eigenvalue weighted by Crippen LogP contribution is -2.24. The number of carboxylic acid groups (broad SMARTS) is 1. The molecule has 1 saturated heterocycles. The number of fused-ring (bicyclic) bond motifs is 1. The molecule has 4 heteroatoms. The van der Waals surface area contributed by atoms with E-state index in [-0.39, 0.29) is 6.04 Å². The second-order valence-corrected chi connectivity index (χ2v) is 5.84. The van der Waals surface area contributed by atoms with Crippen molar-refractivity contribution in [3.63, 3.8) is 0 Å². The van der Waals surface area contributed by atoms with Crippen LogP contribution in [0.3, 0.4) is 0 Å². The summed E-state index contributed by atoms with van der Waals surface area (Å²) in [6.07, 6.45) is 2.07. The summed E-state index contributed by atoms with van der Waals surface area (Å²) in [7, 11) is 0. The van der Waals surface area contributed by atoms with Crippen LogP contribution < -0.4 is 0 Å². The van der Waals surface area contributed by atoms with Gasteiger partial charge in [0.2, 0.25) is 0 Å². The molecule has 0 spiro atoms. The van der Waals surface area contributed by atoms with E-state index in [0.717, 1.165) is 42.7 Å². The molecule has 3 rings (SSSR count). The maximum absolute atomic E-state index is 11.6. The summed E-state index contributed by atoms with van der Waals surface area (Å²) in [5, 5.41) is 10.4. The first kappa shape index (κ1) is 14.1. The van der Waals surface area contributed by atoms with Gasteiger partial charge >= 0.3 is 5.97 Å². The Kier molecular flexibility index (Phi) is 3.72. The van der Waals surface area contributed by atoms with Crippen LogP contribution in [0.25, 0.3) is 10.9 Å². The molecule has 112 valence electrons. The van der Waals surface area contributed by atoms with E-state index in [1.807, 2.05) is 31.2 Å². The van der Waals surface area contributed by atoms with Crippen LogP contribution in [-0.4, -0.2) is 28.9 Å². The van der Waals surface area contributed by atoms with Crippen molar-refractivity contribution in [3.05, 3.63) is 35.5 Å². The fraction of sp³-hybridized carbons (Fsp3) is 0.471. The summed E-state index contributed by atoms with van der Waals surface area (Å²) in [4.78, 5) is 11.6. The molecule has 2 aromatic rings. The average molecular weight is 287 g/mol. The number of aromatic nitrogens is 1. The van der Waals surface area contributed by atoms with Gasteiger partial charge in [-0.2, -0.15) is 0 Å². The van der Waals surface area contributed by atoms with Crippen LogP contribution in [0.1, 0.15) is 41.9 Å². The second kappa shape index (κ2) is 5.53. The largest absolute Gasteiger partial charge is 0.478 e. The quantitative estimate of drug-likeness (QED) is 0.937. The molecule has 0 amide bonds. The van der Waals surface area contributed by atoms with Crippen molar-refractivity contribution >= 4 is 16.9 Å². The molecule has 1 aliphatic heterocycles. The third kappa shape index (κ3) is 2.33. The Bertz CT molecular complexity index is 668. The van der Waals surface area contributed by atoms with Crippen LogP contribution in [0.15, 0.2) is 24.3 Å². The minimum atomic E-state index is -0.846. The molecule has 1 aliphatic rings. The summed E-state index contributed by atoms with van der Waals surface area (Å²) < 4.78 is 7.65. The summed E-state index contributed by atoms with van der Waals surface area (Å²) in [6, 6.07) is 8.08. The first-order valence-corrected chi connectivity index (χ1v) is 7.52. The summed E-state index contributed by atoms with van der Waals surface area (Å²) in [5.74, 6) is -0.309. The van der Waals surface area contributed by atoms with Crippen molar-refractivity contribution < 1.29 is 14.6 Å². The zero-order chi connectivity index (χ0) is 15.0. The van der Waals surface area contributed by atoms with Gasteiger partial charge < -0.3 is 14.4 Å². The molecule has 1 aromatic carbocycles. The number of benzene rings is 1. The van der Waals surface area contributed by atoms with Crippen molar-refractivity contribution in [3.8, 4) is 0 Å². The zero-order valence-corrected chi connectivity index (χ0v) is 12.5. The third-order valence-corrected chi connectivity index (χ3v) is 4.73. The van der Waals surface area contributed by atoms with E-state index in [4.69, 9.17) is 4.74 Å². The van der Waals surface area contributed by atoms with Crippen molar-refractivity contribution in [2.24, 2.45) is 5.92 Å². The summed E-state index contributed by atoms with van der Waals surface area (Å²) in [6.45, 7) is 5.72. The summed E-state index contributed by atoms with van der Waals surface area (Å²) >= 11 is 0. The highest BCUT2D eigenvalue weighted by molar-refractivity contribution is 6.05. The Labute approximate surface area is 124 Å². The number of ether oxygens (including phenoxy) is 1. The molecular weight excluding hydrogens is 266 g/mol. The van der Waals surface area contributed by atoms with Gasteiger partial charge in [0, 0.05) is 35.9 Å². The lowest BCUT2D eigenvalue weighted by molar-refractivity contribution is 0.0516. The molecule has 0 aliphatic carbocycles. The van der Waals surface area contributed by atoms with E-state index in [9.17, 15) is 9.90 Å². The second-order valence-electron chi connectivity index (χ2n) is 5.84. The van der Waals surface area contributed by atoms with Crippen molar-refractivity contribution in [2.45, 2.75) is 32.7 Å². The Morgan fingerprint density at radius 1 is 1.33 bits per heavy atom. The molecule has 1 atom stereocenters. The number of nitrogens with zero attached hydrogens (tertiary/aromatic N) is 1. The Morgan fingerprint density at radius 3 is 2.67 bits per heavy atom. The van der Waals surface area contributed by atoms with Gasteiger partial charge in [0.05, 0.1) is 5.56 Å². The van der Waals surface area contributed by atoms with Crippen LogP contribution in [0.5, 0.6) is 0 Å². The first-order chi connectivity index (χ1) is 10.1. The lowest BCUT2D eigenvalue weighted by Gasteiger charge is -2.30. The Morgan fingerprint density at radius 2 is 2.00 bits per heavy atom. The number of para-hydroxylation sites is 1. The molecular formula is C17H21NO3. The van der Waals surface area contributed by atoms with Gasteiger partial charge in [-0.1, -0.05) is 18.2 Å². The highest BCUT2D eigenvalue weighted by Gasteiger charge is 2.27. The summed E-state index contributed by atoms with van der Waals surface area (Å²) in [5.41, 5.74) is 2.30. The number of carbonyl (C=O) groups is 1. The van der Waals surface area contributed by atoms with Crippen LogP contribution >= 0.6 is 0 Å². The van der Waals surface area contributed by atoms with Crippen molar-refractivity contribution in [1.82, 2.24) is 4.57 Å². The minimum absolute atomic E-state index is 0.284. The normalized spacial score (nSPS) is 18.0. The highest BCUT2D eigenvalue weighted by atomic mass is 16.5. The monoisotopic (exact) mass is 287 g/mol. The predicted molar refractivity (Wildman–Crippen MR) is 81.9 cm³/mol. The van der Waals surface area contributed by atoms with Crippen molar-refractivity contribution in [1.29, 1.82) is 0 Å². The van der Waals surface area contributed by atoms with Gasteiger partial charge in [0.1, 0.15) is 0 Å². The smallest absolute Gasteiger partial charge is 0.338 e. The standard InChI is InChI=1S/C17H21NO3/c1-11(13-7-9-21-10-8-13)18-12(2)16(17(19)20)14-5-3-4-6-15(14)18/h3-6,11,13H,7-10H2,1-2H3,(H,19,20)/t11-/m0/s1. The highest BCUT2D eigenvalue weighted by Crippen LogP contribution is 2.35. The van der Waals surface area contributed by atoms with E-state index in [2.05, 4.69) is 11.5 Å². The maximum atomic E-state index is 11.6. The number of carboxylic acids is 1. The molecule has 0 unspecified atom stereocenters. The Hall–Kier alpha value is -1.81. The van der Waals surface area contributed by atoms with Crippen LogP contribution in [0, 0.1) is 12.8 Å². The zero-order valence-electron chi connectivity index (χ0n) is 12.5. The average Bonchev–Trinajstić information content (AvgIpc) is 2.79. The molecule has 2 heterocycles. The molecule has 21 heavy (non-hydrogen) atoms. The van der Waals surface area contributed by atoms with Gasteiger partial charge in [0.15, 0.2) is 0 Å². The molecule has 1 aromatic heterocycles. The predicted octanol–water partition coefficient (Wildman–Crippen LogP) is 3.64. The third-order valence-electron chi connectivity index (χ3n) is 4.73. The van der Waals surface area contributed by atoms with E-state index in [0.29, 0.717) is 11.5 Å². The molecule has 0 bridgehead atoms. The molecule has 1 N–H and O–H groups in total. The van der Waals surface area contributed by atoms with E-state index in [1.54, 1.807) is 0 Å². The molecule has 0 saturated carbocycles. The van der Waals surface area contributed by atoms with E-state index in [1.165, 1.54) is 0 Å². The van der Waals surface area contributed by atoms with Crippen molar-refractivity contribution in [2.75, 3.05) is 13.2 Å². The van der Waals surface area contributed by atoms with Crippen LogP contribution in [0.2, 0.25) is 0 Å². The van der Waals surface area contributed by atoms with E-state index < -0.39 is 5.97 Å². The number of hydrogen-bond donors (Lipinski definition) is 1. The fourth-order valence-electron chi connectivity index (χ4n) is 3.59. The van der Waals surface area contributed by atoms with Gasteiger partial charge in [-0.15, -0.1) is 0 Å². The van der Waals surface area contributed by atoms with Gasteiger partial charge in [-0.05, 0) is 38.7 Å². The Balaban J connectivity index is 2.13. The van der Waals surface area contributed by atoms with Crippen LogP contribution in [0.4, 0.5) is 0 Å². The maximum Gasteiger partial charge on any atom is 0.338 e. The first-order valence-electron chi connectivity index (χ1n) is 7.52. The number of rotatable bonds is 3. The molecule has 4 nitrogen and oxygen atoms in total. The van der Waals surface area contributed by atoms with Gasteiger partial charge in [0.25, 0.3) is 0 Å². The lowest BCUT2D eigenvalue weighted by atomic mass is 9.92. The minimum Gasteiger partial charge on any atom is -0.478 e. The topological polar surface area (TPSA) is 51.5 Å². The van der Waals surface area contributed by atoms with Gasteiger partial charge in [-0.3, -0.25) is 0 Å². The molecule has 0 radical (unpaired) electrons. The SMILES string of the molecule is Cc1c(C(=O)O)c2ccccc2n1[C@@H](C)C1CCOCC1. The number of aromatic carboxylic acids is 1. The fourth-order valence-corrected chi connectivity index (χ4v) is 3.59. The van der Waals surface area contributed by atoms with E-state index >= 15 is 0 Å². The van der Waals surface area contributed by atoms with Crippen LogP contribution in [-0.2, 0) is 4.74 Å². The number of hydrogen-bond acceptors (Lipinski definition) is 2. The van der Waals surface area contributed by atoms with Gasteiger partial charge in [-0.25, -0.2) is 4.79 Å². The molecule has 1 fully saturated rings.